The molecular weight excluding hydrogens is 344 g/mol. The van der Waals surface area contributed by atoms with E-state index in [0.29, 0.717) is 36.9 Å². The Bertz CT molecular complexity index is 848. The molecule has 0 spiro atoms. The second kappa shape index (κ2) is 7.02. The van der Waals surface area contributed by atoms with Crippen LogP contribution >= 0.6 is 0 Å². The molecule has 1 amide bonds. The summed E-state index contributed by atoms with van der Waals surface area (Å²) in [6.07, 6.45) is -0.400. The van der Waals surface area contributed by atoms with Gasteiger partial charge < -0.3 is 9.47 Å². The first-order valence-corrected chi connectivity index (χ1v) is 9.28. The highest BCUT2D eigenvalue weighted by Gasteiger charge is 2.23. The van der Waals surface area contributed by atoms with Gasteiger partial charge in [0.2, 0.25) is 0 Å². The van der Waals surface area contributed by atoms with Crippen LogP contribution in [0.5, 0.6) is 5.75 Å². The highest BCUT2D eigenvalue weighted by molar-refractivity contribution is 7.92. The second-order valence-corrected chi connectivity index (χ2v) is 7.01. The third kappa shape index (κ3) is 3.85. The van der Waals surface area contributed by atoms with Gasteiger partial charge in [-0.3, -0.25) is 9.62 Å². The van der Waals surface area contributed by atoms with E-state index in [1.54, 1.807) is 36.4 Å². The lowest BCUT2D eigenvalue weighted by molar-refractivity contribution is 0.181. The van der Waals surface area contributed by atoms with Crippen molar-refractivity contribution in [1.82, 2.24) is 0 Å². The molecule has 1 heterocycles. The molecule has 1 saturated heterocycles. The number of carbonyl (C=O) groups excluding carboxylic acids is 1. The fourth-order valence-electron chi connectivity index (χ4n) is 2.43. The van der Waals surface area contributed by atoms with Gasteiger partial charge in [0.25, 0.3) is 10.0 Å². The molecule has 0 saturated carbocycles. The molecule has 1 aliphatic rings. The van der Waals surface area contributed by atoms with E-state index in [0.717, 1.165) is 0 Å². The normalized spacial score (nSPS) is 14.3. The zero-order valence-electron chi connectivity index (χ0n) is 13.6. The van der Waals surface area contributed by atoms with E-state index in [2.05, 4.69) is 4.72 Å². The average molecular weight is 362 g/mol. The molecule has 2 aromatic rings. The number of amides is 1. The Labute approximate surface area is 146 Å². The summed E-state index contributed by atoms with van der Waals surface area (Å²) in [5, 5.41) is 0. The number of cyclic esters (lactones) is 1. The summed E-state index contributed by atoms with van der Waals surface area (Å²) in [6, 6.07) is 12.7. The van der Waals surface area contributed by atoms with E-state index in [9.17, 15) is 13.2 Å². The highest BCUT2D eigenvalue weighted by atomic mass is 32.2. The molecule has 8 heteroatoms. The lowest BCUT2D eigenvalue weighted by Crippen LogP contribution is -2.23. The molecule has 1 N–H and O–H groups in total. The first kappa shape index (κ1) is 17.1. The topological polar surface area (TPSA) is 84.9 Å². The minimum atomic E-state index is -3.70. The van der Waals surface area contributed by atoms with E-state index in [1.165, 1.54) is 17.0 Å². The van der Waals surface area contributed by atoms with Crippen LogP contribution in [0.3, 0.4) is 0 Å². The smallest absolute Gasteiger partial charge is 0.414 e. The number of nitrogens with one attached hydrogen (secondary N) is 1. The lowest BCUT2D eigenvalue weighted by atomic mass is 10.2. The monoisotopic (exact) mass is 362 g/mol. The summed E-state index contributed by atoms with van der Waals surface area (Å²) in [7, 11) is -3.70. The molecule has 0 atom stereocenters. The van der Waals surface area contributed by atoms with Crippen molar-refractivity contribution < 1.29 is 22.7 Å². The van der Waals surface area contributed by atoms with Crippen LogP contribution in [-0.4, -0.2) is 34.3 Å². The summed E-state index contributed by atoms with van der Waals surface area (Å²) in [5.74, 6) is 0.614. The summed E-state index contributed by atoms with van der Waals surface area (Å²) >= 11 is 0. The summed E-state index contributed by atoms with van der Waals surface area (Å²) in [4.78, 5) is 13.2. The van der Waals surface area contributed by atoms with Crippen LogP contribution in [-0.2, 0) is 14.8 Å². The zero-order valence-corrected chi connectivity index (χ0v) is 14.5. The molecular formula is C17H18N2O5S. The number of sulfonamides is 1. The molecule has 0 bridgehead atoms. The van der Waals surface area contributed by atoms with Crippen LogP contribution in [0.4, 0.5) is 16.2 Å². The molecule has 0 unspecified atom stereocenters. The van der Waals surface area contributed by atoms with Crippen LogP contribution in [0.15, 0.2) is 53.4 Å². The van der Waals surface area contributed by atoms with Gasteiger partial charge in [0.05, 0.1) is 18.0 Å². The van der Waals surface area contributed by atoms with Crippen LogP contribution in [0.1, 0.15) is 6.92 Å². The van der Waals surface area contributed by atoms with Crippen molar-refractivity contribution in [2.45, 2.75) is 11.8 Å². The van der Waals surface area contributed by atoms with E-state index in [1.807, 2.05) is 6.92 Å². The van der Waals surface area contributed by atoms with Crippen LogP contribution in [0.2, 0.25) is 0 Å². The Morgan fingerprint density at radius 3 is 2.36 bits per heavy atom. The third-order valence-corrected chi connectivity index (χ3v) is 5.03. The summed E-state index contributed by atoms with van der Waals surface area (Å²) in [6.45, 7) is 3.21. The van der Waals surface area contributed by atoms with Gasteiger partial charge in [0.1, 0.15) is 12.4 Å². The Balaban J connectivity index is 1.73. The molecule has 1 aliphatic heterocycles. The zero-order chi connectivity index (χ0) is 17.9. The predicted octanol–water partition coefficient (Wildman–Crippen LogP) is 2.84. The van der Waals surface area contributed by atoms with Gasteiger partial charge >= 0.3 is 6.09 Å². The molecule has 7 nitrogen and oxygen atoms in total. The number of benzene rings is 2. The SMILES string of the molecule is CCOc1ccc(S(=O)(=O)Nc2ccc(N3CCOC3=O)cc2)cc1. The van der Waals surface area contributed by atoms with Gasteiger partial charge in [-0.25, -0.2) is 13.2 Å². The van der Waals surface area contributed by atoms with Crippen LogP contribution < -0.4 is 14.4 Å². The van der Waals surface area contributed by atoms with Crippen molar-refractivity contribution in [2.24, 2.45) is 0 Å². The van der Waals surface area contributed by atoms with Gasteiger partial charge in [-0.15, -0.1) is 0 Å². The van der Waals surface area contributed by atoms with Gasteiger partial charge in [-0.2, -0.15) is 0 Å². The predicted molar refractivity (Wildman–Crippen MR) is 93.6 cm³/mol. The number of nitrogens with zero attached hydrogens (tertiary/aromatic N) is 1. The minimum absolute atomic E-state index is 0.142. The van der Waals surface area contributed by atoms with Gasteiger partial charge in [-0.1, -0.05) is 0 Å². The Morgan fingerprint density at radius 1 is 1.12 bits per heavy atom. The van der Waals surface area contributed by atoms with Crippen LogP contribution in [0, 0.1) is 0 Å². The number of ether oxygens (including phenoxy) is 2. The third-order valence-electron chi connectivity index (χ3n) is 3.64. The molecule has 0 aliphatic carbocycles. The quantitative estimate of drug-likeness (QED) is 0.854. The van der Waals surface area contributed by atoms with E-state index < -0.39 is 16.1 Å². The minimum Gasteiger partial charge on any atom is -0.494 e. The molecule has 1 fully saturated rings. The molecule has 2 aromatic carbocycles. The average Bonchev–Trinajstić information content (AvgIpc) is 3.02. The highest BCUT2D eigenvalue weighted by Crippen LogP contribution is 2.23. The van der Waals surface area contributed by atoms with Crippen molar-refractivity contribution >= 4 is 27.5 Å². The molecule has 25 heavy (non-hydrogen) atoms. The first-order chi connectivity index (χ1) is 12.0. The Kier molecular flexibility index (Phi) is 4.80. The number of carbonyl (C=O) groups is 1. The van der Waals surface area contributed by atoms with Crippen molar-refractivity contribution in [3.8, 4) is 5.75 Å². The number of anilines is 2. The van der Waals surface area contributed by atoms with Crippen molar-refractivity contribution in [2.75, 3.05) is 29.4 Å². The summed E-state index contributed by atoms with van der Waals surface area (Å²) < 4.78 is 37.6. The number of rotatable bonds is 6. The lowest BCUT2D eigenvalue weighted by Gasteiger charge is -2.14. The van der Waals surface area contributed by atoms with Gasteiger partial charge in [0, 0.05) is 11.4 Å². The first-order valence-electron chi connectivity index (χ1n) is 7.79. The van der Waals surface area contributed by atoms with Crippen molar-refractivity contribution in [3.63, 3.8) is 0 Å². The Morgan fingerprint density at radius 2 is 1.80 bits per heavy atom. The van der Waals surface area contributed by atoms with Crippen molar-refractivity contribution in [1.29, 1.82) is 0 Å². The summed E-state index contributed by atoms with van der Waals surface area (Å²) in [5.41, 5.74) is 1.07. The molecule has 3 rings (SSSR count). The Hall–Kier alpha value is -2.74. The fourth-order valence-corrected chi connectivity index (χ4v) is 3.49. The van der Waals surface area contributed by atoms with Crippen molar-refractivity contribution in [3.05, 3.63) is 48.5 Å². The second-order valence-electron chi connectivity index (χ2n) is 5.32. The standard InChI is InChI=1S/C17H18N2O5S/c1-2-23-15-7-9-16(10-8-15)25(21,22)18-13-3-5-14(6-4-13)19-11-12-24-17(19)20/h3-10,18H,2,11-12H2,1H3. The maximum atomic E-state index is 12.4. The van der Waals surface area contributed by atoms with Gasteiger partial charge in [0.15, 0.2) is 0 Å². The fraction of sp³-hybridized carbons (Fsp3) is 0.235. The maximum absolute atomic E-state index is 12.4. The maximum Gasteiger partial charge on any atom is 0.414 e. The number of hydrogen-bond acceptors (Lipinski definition) is 5. The molecule has 0 radical (unpaired) electrons. The largest absolute Gasteiger partial charge is 0.494 e. The van der Waals surface area contributed by atoms with E-state index in [-0.39, 0.29) is 4.90 Å². The van der Waals surface area contributed by atoms with E-state index >= 15 is 0 Å². The number of hydrogen-bond donors (Lipinski definition) is 1. The molecule has 132 valence electrons. The van der Waals surface area contributed by atoms with Gasteiger partial charge in [-0.05, 0) is 55.5 Å². The van der Waals surface area contributed by atoms with E-state index in [4.69, 9.17) is 9.47 Å². The van der Waals surface area contributed by atoms with Crippen LogP contribution in [0.25, 0.3) is 0 Å². The molecule has 0 aromatic heterocycles.